The van der Waals surface area contributed by atoms with E-state index in [0.717, 1.165) is 0 Å². The number of anilines is 1. The van der Waals surface area contributed by atoms with Crippen LogP contribution < -0.4 is 10.0 Å². The van der Waals surface area contributed by atoms with E-state index in [9.17, 15) is 13.2 Å². The standard InChI is InChI=1S/C19H26N4O5S/c1-4-28-13-23(7-8-27-3)19-11-17(21-12-22-19)18(24)10-15-5-6-16(9-14(15)2)29(20,25)26/h5-6,9,11-12H,4,7-8,10,13H2,1-3H3,(H2,20,25,26). The van der Waals surface area contributed by atoms with Crippen LogP contribution in [-0.2, 0) is 25.9 Å². The maximum atomic E-state index is 12.7. The lowest BCUT2D eigenvalue weighted by Crippen LogP contribution is -2.31. The Morgan fingerprint density at radius 1 is 1.24 bits per heavy atom. The fraction of sp³-hybridized carbons (Fsp3) is 0.421. The van der Waals surface area contributed by atoms with Crippen LogP contribution in [0.15, 0.2) is 35.5 Å². The van der Waals surface area contributed by atoms with Crippen LogP contribution in [0.5, 0.6) is 0 Å². The molecule has 1 aromatic carbocycles. The van der Waals surface area contributed by atoms with E-state index in [1.807, 2.05) is 11.8 Å². The van der Waals surface area contributed by atoms with Crippen LogP contribution in [0.1, 0.15) is 28.5 Å². The molecule has 0 bridgehead atoms. The first-order valence-corrected chi connectivity index (χ1v) is 10.6. The number of primary sulfonamides is 1. The summed E-state index contributed by atoms with van der Waals surface area (Å²) in [5.41, 5.74) is 1.63. The van der Waals surface area contributed by atoms with Gasteiger partial charge in [-0.05, 0) is 37.1 Å². The largest absolute Gasteiger partial charge is 0.383 e. The molecule has 1 aromatic heterocycles. The van der Waals surface area contributed by atoms with Crippen molar-refractivity contribution in [2.75, 3.05) is 38.5 Å². The Morgan fingerprint density at radius 2 is 2.00 bits per heavy atom. The zero-order chi connectivity index (χ0) is 21.4. The van der Waals surface area contributed by atoms with Gasteiger partial charge in [0.25, 0.3) is 0 Å². The van der Waals surface area contributed by atoms with Crippen molar-refractivity contribution in [3.63, 3.8) is 0 Å². The Balaban J connectivity index is 2.20. The minimum atomic E-state index is -3.79. The van der Waals surface area contributed by atoms with Crippen LogP contribution in [-0.4, -0.2) is 57.8 Å². The highest BCUT2D eigenvalue weighted by atomic mass is 32.2. The molecule has 2 rings (SSSR count). The van der Waals surface area contributed by atoms with E-state index >= 15 is 0 Å². The molecule has 0 unspecified atom stereocenters. The molecule has 0 amide bonds. The summed E-state index contributed by atoms with van der Waals surface area (Å²) >= 11 is 0. The van der Waals surface area contributed by atoms with E-state index in [-0.39, 0.29) is 22.8 Å². The Morgan fingerprint density at radius 3 is 2.62 bits per heavy atom. The first-order chi connectivity index (χ1) is 13.8. The number of methoxy groups -OCH3 is 1. The van der Waals surface area contributed by atoms with E-state index < -0.39 is 10.0 Å². The zero-order valence-electron chi connectivity index (χ0n) is 16.8. The SMILES string of the molecule is CCOCN(CCOC)c1cc(C(=O)Cc2ccc(S(N)(=O)=O)cc2C)ncn1. The quantitative estimate of drug-likeness (QED) is 0.424. The molecular formula is C19H26N4O5S. The monoisotopic (exact) mass is 422 g/mol. The van der Waals surface area contributed by atoms with Gasteiger partial charge >= 0.3 is 0 Å². The first kappa shape index (κ1) is 22.9. The Kier molecular flexibility index (Phi) is 8.21. The number of rotatable bonds is 11. The van der Waals surface area contributed by atoms with Crippen molar-refractivity contribution in [2.24, 2.45) is 5.14 Å². The van der Waals surface area contributed by atoms with Crippen molar-refractivity contribution >= 4 is 21.6 Å². The average Bonchev–Trinajstić information content (AvgIpc) is 2.69. The number of carbonyl (C=O) groups is 1. The first-order valence-electron chi connectivity index (χ1n) is 9.05. The molecule has 0 aliphatic heterocycles. The second-order valence-electron chi connectivity index (χ2n) is 6.37. The van der Waals surface area contributed by atoms with Crippen LogP contribution in [0.25, 0.3) is 0 Å². The number of Topliss-reactive ketones (excluding diaryl/α,β-unsaturated/α-hetero) is 1. The van der Waals surface area contributed by atoms with Crippen LogP contribution in [0.3, 0.4) is 0 Å². The molecular weight excluding hydrogens is 396 g/mol. The second kappa shape index (κ2) is 10.4. The molecule has 0 aliphatic carbocycles. The number of carbonyl (C=O) groups excluding carboxylic acids is 1. The summed E-state index contributed by atoms with van der Waals surface area (Å²) in [6.07, 6.45) is 1.42. The molecule has 158 valence electrons. The number of hydrogen-bond donors (Lipinski definition) is 1. The smallest absolute Gasteiger partial charge is 0.238 e. The highest BCUT2D eigenvalue weighted by Gasteiger charge is 2.16. The Labute approximate surface area is 170 Å². The van der Waals surface area contributed by atoms with Gasteiger partial charge in [-0.25, -0.2) is 23.5 Å². The molecule has 0 saturated carbocycles. The predicted octanol–water partition coefficient (Wildman–Crippen LogP) is 1.30. The Hall–Kier alpha value is -2.40. The average molecular weight is 423 g/mol. The van der Waals surface area contributed by atoms with Gasteiger partial charge < -0.3 is 14.4 Å². The number of ether oxygens (including phenoxy) is 2. The molecule has 0 fully saturated rings. The van der Waals surface area contributed by atoms with Gasteiger partial charge in [-0.1, -0.05) is 6.07 Å². The van der Waals surface area contributed by atoms with Crippen molar-refractivity contribution in [2.45, 2.75) is 25.2 Å². The van der Waals surface area contributed by atoms with Gasteiger partial charge in [-0.3, -0.25) is 4.79 Å². The summed E-state index contributed by atoms with van der Waals surface area (Å²) in [6.45, 7) is 5.53. The van der Waals surface area contributed by atoms with Crippen molar-refractivity contribution in [3.05, 3.63) is 47.4 Å². The number of nitrogens with zero attached hydrogens (tertiary/aromatic N) is 3. The summed E-state index contributed by atoms with van der Waals surface area (Å²) in [6, 6.07) is 6.06. The number of aromatic nitrogens is 2. The number of ketones is 1. The third kappa shape index (κ3) is 6.57. The van der Waals surface area contributed by atoms with Crippen molar-refractivity contribution in [3.8, 4) is 0 Å². The topological polar surface area (TPSA) is 125 Å². The number of benzene rings is 1. The maximum absolute atomic E-state index is 12.7. The van der Waals surface area contributed by atoms with Crippen LogP contribution >= 0.6 is 0 Å². The molecule has 0 radical (unpaired) electrons. The molecule has 0 spiro atoms. The minimum absolute atomic E-state index is 0.0141. The molecule has 0 atom stereocenters. The van der Waals surface area contributed by atoms with Gasteiger partial charge in [0.15, 0.2) is 5.78 Å². The molecule has 9 nitrogen and oxygen atoms in total. The highest BCUT2D eigenvalue weighted by molar-refractivity contribution is 7.89. The van der Waals surface area contributed by atoms with Gasteiger partial charge in [0, 0.05) is 32.7 Å². The predicted molar refractivity (Wildman–Crippen MR) is 108 cm³/mol. The molecule has 2 aromatic rings. The van der Waals surface area contributed by atoms with E-state index in [4.69, 9.17) is 14.6 Å². The summed E-state index contributed by atoms with van der Waals surface area (Å²) in [5.74, 6) is 0.360. The second-order valence-corrected chi connectivity index (χ2v) is 7.93. The molecule has 0 aliphatic rings. The highest BCUT2D eigenvalue weighted by Crippen LogP contribution is 2.18. The number of hydrogen-bond acceptors (Lipinski definition) is 8. The van der Waals surface area contributed by atoms with Gasteiger partial charge in [-0.15, -0.1) is 0 Å². The van der Waals surface area contributed by atoms with E-state index in [0.29, 0.717) is 43.4 Å². The molecule has 2 N–H and O–H groups in total. The number of sulfonamides is 1. The fourth-order valence-electron chi connectivity index (χ4n) is 2.63. The van der Waals surface area contributed by atoms with Crippen LogP contribution in [0, 0.1) is 6.92 Å². The molecule has 10 heteroatoms. The lowest BCUT2D eigenvalue weighted by atomic mass is 10.0. The summed E-state index contributed by atoms with van der Waals surface area (Å²) in [5, 5.41) is 5.15. The summed E-state index contributed by atoms with van der Waals surface area (Å²) in [7, 11) is -2.18. The van der Waals surface area contributed by atoms with E-state index in [1.54, 1.807) is 26.2 Å². The van der Waals surface area contributed by atoms with Gasteiger partial charge in [-0.2, -0.15) is 0 Å². The van der Waals surface area contributed by atoms with Gasteiger partial charge in [0.1, 0.15) is 24.6 Å². The molecule has 1 heterocycles. The third-order valence-corrected chi connectivity index (χ3v) is 5.18. The van der Waals surface area contributed by atoms with Crippen LogP contribution in [0.2, 0.25) is 0 Å². The zero-order valence-corrected chi connectivity index (χ0v) is 17.6. The molecule has 0 saturated heterocycles. The molecule has 29 heavy (non-hydrogen) atoms. The van der Waals surface area contributed by atoms with Gasteiger partial charge in [0.05, 0.1) is 11.5 Å². The van der Waals surface area contributed by atoms with Gasteiger partial charge in [0.2, 0.25) is 10.0 Å². The maximum Gasteiger partial charge on any atom is 0.238 e. The summed E-state index contributed by atoms with van der Waals surface area (Å²) in [4.78, 5) is 22.9. The fourth-order valence-corrected chi connectivity index (χ4v) is 3.23. The van der Waals surface area contributed by atoms with Crippen molar-refractivity contribution in [1.82, 2.24) is 9.97 Å². The van der Waals surface area contributed by atoms with Crippen molar-refractivity contribution < 1.29 is 22.7 Å². The Bertz CT molecular complexity index is 941. The van der Waals surface area contributed by atoms with Crippen LogP contribution in [0.4, 0.5) is 5.82 Å². The lowest BCUT2D eigenvalue weighted by Gasteiger charge is -2.23. The normalized spacial score (nSPS) is 11.4. The van der Waals surface area contributed by atoms with E-state index in [2.05, 4.69) is 9.97 Å². The van der Waals surface area contributed by atoms with E-state index in [1.165, 1.54) is 18.5 Å². The lowest BCUT2D eigenvalue weighted by molar-refractivity contribution is 0.0987. The number of aryl methyl sites for hydroxylation is 1. The summed E-state index contributed by atoms with van der Waals surface area (Å²) < 4.78 is 33.5. The number of nitrogens with two attached hydrogens (primary N) is 1. The minimum Gasteiger partial charge on any atom is -0.383 e. The van der Waals surface area contributed by atoms with Crippen molar-refractivity contribution in [1.29, 1.82) is 0 Å². The third-order valence-electron chi connectivity index (χ3n) is 4.27.